The van der Waals surface area contributed by atoms with E-state index in [0.29, 0.717) is 10.1 Å². The highest BCUT2D eigenvalue weighted by molar-refractivity contribution is 7.80. The summed E-state index contributed by atoms with van der Waals surface area (Å²) in [7, 11) is 0. The predicted octanol–water partition coefficient (Wildman–Crippen LogP) is 6.05. The average molecular weight is 381 g/mol. The molecule has 2 nitrogen and oxygen atoms in total. The summed E-state index contributed by atoms with van der Waals surface area (Å²) in [6.45, 7) is 3.63. The molecule has 4 heteroatoms. The van der Waals surface area contributed by atoms with Crippen LogP contribution in [0.2, 0.25) is 5.02 Å². The van der Waals surface area contributed by atoms with Crippen LogP contribution < -0.4 is 5.32 Å². The number of aryl methyl sites for hydroxylation is 1. The minimum atomic E-state index is 0.694. The molecule has 0 heterocycles. The SMILES string of the molecule is Cc1ccccc1CN(Cc1ccccc1)C(=S)Nc1ccc(Cl)cc1. The van der Waals surface area contributed by atoms with E-state index < -0.39 is 0 Å². The van der Waals surface area contributed by atoms with Crippen LogP contribution in [0.4, 0.5) is 5.69 Å². The Kier molecular flexibility index (Phi) is 6.26. The molecule has 1 N–H and O–H groups in total. The lowest BCUT2D eigenvalue weighted by Crippen LogP contribution is -2.34. The van der Waals surface area contributed by atoms with Crippen molar-refractivity contribution in [2.24, 2.45) is 0 Å². The zero-order valence-electron chi connectivity index (χ0n) is 14.7. The summed E-state index contributed by atoms with van der Waals surface area (Å²) in [5, 5.41) is 4.73. The monoisotopic (exact) mass is 380 g/mol. The molecule has 0 spiro atoms. The Hall–Kier alpha value is -2.36. The molecule has 132 valence electrons. The van der Waals surface area contributed by atoms with Gasteiger partial charge in [0.2, 0.25) is 0 Å². The highest BCUT2D eigenvalue weighted by Gasteiger charge is 2.13. The molecule has 0 fully saturated rings. The number of anilines is 1. The molecule has 0 aliphatic heterocycles. The number of hydrogen-bond donors (Lipinski definition) is 1. The van der Waals surface area contributed by atoms with Crippen molar-refractivity contribution in [1.29, 1.82) is 0 Å². The first-order valence-corrected chi connectivity index (χ1v) is 9.30. The summed E-state index contributed by atoms with van der Waals surface area (Å²) in [6.07, 6.45) is 0. The van der Waals surface area contributed by atoms with Crippen molar-refractivity contribution in [3.63, 3.8) is 0 Å². The molecule has 0 amide bonds. The van der Waals surface area contributed by atoms with Gasteiger partial charge in [-0.1, -0.05) is 66.2 Å². The lowest BCUT2D eigenvalue weighted by Gasteiger charge is -2.27. The van der Waals surface area contributed by atoms with E-state index in [9.17, 15) is 0 Å². The molecule has 0 aliphatic rings. The molecule has 3 rings (SSSR count). The first-order chi connectivity index (χ1) is 12.6. The zero-order chi connectivity index (χ0) is 18.4. The molecule has 0 saturated carbocycles. The van der Waals surface area contributed by atoms with Crippen LogP contribution in [0.3, 0.4) is 0 Å². The minimum Gasteiger partial charge on any atom is -0.340 e. The van der Waals surface area contributed by atoms with Crippen LogP contribution in [0.15, 0.2) is 78.9 Å². The van der Waals surface area contributed by atoms with Crippen LogP contribution in [0.5, 0.6) is 0 Å². The van der Waals surface area contributed by atoms with Crippen LogP contribution in [0.25, 0.3) is 0 Å². The second-order valence-electron chi connectivity index (χ2n) is 6.21. The molecule has 3 aromatic carbocycles. The van der Waals surface area contributed by atoms with E-state index in [1.54, 1.807) is 0 Å². The molecule has 0 aromatic heterocycles. The van der Waals surface area contributed by atoms with E-state index >= 15 is 0 Å². The Morgan fingerprint density at radius 1 is 0.885 bits per heavy atom. The van der Waals surface area contributed by atoms with E-state index in [0.717, 1.165) is 18.8 Å². The highest BCUT2D eigenvalue weighted by Crippen LogP contribution is 2.17. The second kappa shape index (κ2) is 8.84. The molecule has 26 heavy (non-hydrogen) atoms. The molecule has 3 aromatic rings. The van der Waals surface area contributed by atoms with E-state index in [1.807, 2.05) is 30.3 Å². The fourth-order valence-electron chi connectivity index (χ4n) is 2.73. The van der Waals surface area contributed by atoms with Crippen LogP contribution in [-0.2, 0) is 13.1 Å². The maximum atomic E-state index is 5.97. The molecular weight excluding hydrogens is 360 g/mol. The fraction of sp³-hybridized carbons (Fsp3) is 0.136. The lowest BCUT2D eigenvalue weighted by atomic mass is 10.1. The van der Waals surface area contributed by atoms with Crippen molar-refractivity contribution < 1.29 is 0 Å². The Bertz CT molecular complexity index is 863. The van der Waals surface area contributed by atoms with Crippen molar-refractivity contribution in [3.8, 4) is 0 Å². The van der Waals surface area contributed by atoms with Gasteiger partial charge in [-0.3, -0.25) is 0 Å². The van der Waals surface area contributed by atoms with Gasteiger partial charge in [0.05, 0.1) is 0 Å². The van der Waals surface area contributed by atoms with Gasteiger partial charge in [-0.25, -0.2) is 0 Å². The minimum absolute atomic E-state index is 0.694. The molecular formula is C22H21ClN2S. The third-order valence-corrected chi connectivity index (χ3v) is 4.83. The van der Waals surface area contributed by atoms with Gasteiger partial charge in [-0.2, -0.15) is 0 Å². The number of rotatable bonds is 5. The van der Waals surface area contributed by atoms with Crippen LogP contribution in [0, 0.1) is 6.92 Å². The molecule has 0 unspecified atom stereocenters. The standard InChI is InChI=1S/C22H21ClN2S/c1-17-7-5-6-10-19(17)16-25(15-18-8-3-2-4-9-18)22(26)24-21-13-11-20(23)12-14-21/h2-14H,15-16H2,1H3,(H,24,26). The van der Waals surface area contributed by atoms with Gasteiger partial charge in [-0.15, -0.1) is 0 Å². The Labute approximate surface area is 165 Å². The average Bonchev–Trinajstić information content (AvgIpc) is 2.65. The number of thiocarbonyl (C=S) groups is 1. The van der Waals surface area contributed by atoms with Gasteiger partial charge in [0, 0.05) is 23.8 Å². The van der Waals surface area contributed by atoms with Crippen molar-refractivity contribution in [3.05, 3.63) is 101 Å². The molecule has 0 saturated heterocycles. The topological polar surface area (TPSA) is 15.3 Å². The Morgan fingerprint density at radius 2 is 1.54 bits per heavy atom. The molecule has 0 bridgehead atoms. The summed E-state index contributed by atoms with van der Waals surface area (Å²) < 4.78 is 0. The smallest absolute Gasteiger partial charge is 0.174 e. The van der Waals surface area contributed by atoms with Crippen LogP contribution >= 0.6 is 23.8 Å². The second-order valence-corrected chi connectivity index (χ2v) is 7.03. The number of nitrogens with zero attached hydrogens (tertiary/aromatic N) is 1. The summed E-state index contributed by atoms with van der Waals surface area (Å²) >= 11 is 11.7. The summed E-state index contributed by atoms with van der Waals surface area (Å²) in [5.41, 5.74) is 4.69. The van der Waals surface area contributed by atoms with Gasteiger partial charge in [-0.05, 0) is 60.1 Å². The van der Waals surface area contributed by atoms with Crippen molar-refractivity contribution in [1.82, 2.24) is 4.90 Å². The molecule has 0 radical (unpaired) electrons. The third kappa shape index (κ3) is 5.07. The predicted molar refractivity (Wildman–Crippen MR) is 115 cm³/mol. The Balaban J connectivity index is 1.80. The Morgan fingerprint density at radius 3 is 2.23 bits per heavy atom. The van der Waals surface area contributed by atoms with E-state index in [1.165, 1.54) is 16.7 Å². The molecule has 0 aliphatic carbocycles. The first-order valence-electron chi connectivity index (χ1n) is 8.52. The zero-order valence-corrected chi connectivity index (χ0v) is 16.2. The van der Waals surface area contributed by atoms with Crippen LogP contribution in [-0.4, -0.2) is 10.0 Å². The highest BCUT2D eigenvalue weighted by atomic mass is 35.5. The van der Waals surface area contributed by atoms with Gasteiger partial charge in [0.1, 0.15) is 0 Å². The van der Waals surface area contributed by atoms with Crippen LogP contribution in [0.1, 0.15) is 16.7 Å². The van der Waals surface area contributed by atoms with E-state index in [2.05, 4.69) is 65.7 Å². The normalized spacial score (nSPS) is 10.4. The van der Waals surface area contributed by atoms with E-state index in [-0.39, 0.29) is 0 Å². The van der Waals surface area contributed by atoms with Gasteiger partial charge in [0.25, 0.3) is 0 Å². The van der Waals surface area contributed by atoms with E-state index in [4.69, 9.17) is 23.8 Å². The first kappa shape index (κ1) is 18.4. The number of nitrogens with one attached hydrogen (secondary N) is 1. The van der Waals surface area contributed by atoms with Crippen molar-refractivity contribution in [2.75, 3.05) is 5.32 Å². The summed E-state index contributed by atoms with van der Waals surface area (Å²) in [4.78, 5) is 2.18. The number of halogens is 1. The third-order valence-electron chi connectivity index (χ3n) is 4.22. The van der Waals surface area contributed by atoms with Gasteiger partial charge in [0.15, 0.2) is 5.11 Å². The summed E-state index contributed by atoms with van der Waals surface area (Å²) in [5.74, 6) is 0. The quantitative estimate of drug-likeness (QED) is 0.542. The van der Waals surface area contributed by atoms with Gasteiger partial charge >= 0.3 is 0 Å². The van der Waals surface area contributed by atoms with Crippen molar-refractivity contribution >= 4 is 34.6 Å². The lowest BCUT2D eigenvalue weighted by molar-refractivity contribution is 0.412. The maximum Gasteiger partial charge on any atom is 0.174 e. The summed E-state index contributed by atoms with van der Waals surface area (Å²) in [6, 6.07) is 26.4. The maximum absolute atomic E-state index is 5.97. The fourth-order valence-corrected chi connectivity index (χ4v) is 3.11. The largest absolute Gasteiger partial charge is 0.340 e. The molecule has 0 atom stereocenters. The van der Waals surface area contributed by atoms with Crippen molar-refractivity contribution in [2.45, 2.75) is 20.0 Å². The number of hydrogen-bond acceptors (Lipinski definition) is 1. The van der Waals surface area contributed by atoms with Gasteiger partial charge < -0.3 is 10.2 Å². The number of benzene rings is 3.